The van der Waals surface area contributed by atoms with Crippen LogP contribution in [0.15, 0.2) is 42.1 Å². The fraction of sp³-hybridized carbons (Fsp3) is 0.100. The van der Waals surface area contributed by atoms with E-state index in [2.05, 4.69) is 11.4 Å². The molecule has 1 N–H and O–H groups in total. The molecule has 0 heterocycles. The van der Waals surface area contributed by atoms with Gasteiger partial charge < -0.3 is 5.32 Å². The van der Waals surface area contributed by atoms with Crippen molar-refractivity contribution in [3.63, 3.8) is 0 Å². The zero-order valence-electron chi connectivity index (χ0n) is 6.91. The summed E-state index contributed by atoms with van der Waals surface area (Å²) in [6.07, 6.45) is 1.74. The summed E-state index contributed by atoms with van der Waals surface area (Å²) in [6, 6.07) is 11.7. The number of nitriles is 1. The topological polar surface area (TPSA) is 35.8 Å². The van der Waals surface area contributed by atoms with Crippen LogP contribution in [0.1, 0.15) is 6.92 Å². The van der Waals surface area contributed by atoms with E-state index >= 15 is 0 Å². The van der Waals surface area contributed by atoms with Crippen LogP contribution < -0.4 is 5.32 Å². The molecule has 1 aromatic rings. The van der Waals surface area contributed by atoms with Gasteiger partial charge >= 0.3 is 0 Å². The van der Waals surface area contributed by atoms with Gasteiger partial charge in [0.25, 0.3) is 0 Å². The Morgan fingerprint density at radius 1 is 1.42 bits per heavy atom. The molecule has 0 fully saturated rings. The van der Waals surface area contributed by atoms with E-state index in [4.69, 9.17) is 5.26 Å². The highest BCUT2D eigenvalue weighted by molar-refractivity contribution is 5.51. The van der Waals surface area contributed by atoms with Crippen molar-refractivity contribution < 1.29 is 0 Å². The van der Waals surface area contributed by atoms with Gasteiger partial charge in [0.15, 0.2) is 0 Å². The fourth-order valence-corrected chi connectivity index (χ4v) is 0.842. The number of rotatable bonds is 2. The van der Waals surface area contributed by atoms with Gasteiger partial charge in [0.2, 0.25) is 0 Å². The van der Waals surface area contributed by atoms with Gasteiger partial charge in [0, 0.05) is 5.69 Å². The Hall–Kier alpha value is -1.75. The molecule has 0 saturated heterocycles. The summed E-state index contributed by atoms with van der Waals surface area (Å²) in [5.41, 5.74) is 1.51. The molecule has 2 nitrogen and oxygen atoms in total. The van der Waals surface area contributed by atoms with Crippen LogP contribution in [0.5, 0.6) is 0 Å². The third kappa shape index (κ3) is 2.14. The second kappa shape index (κ2) is 4.20. The van der Waals surface area contributed by atoms with Gasteiger partial charge in [-0.05, 0) is 19.1 Å². The predicted octanol–water partition coefficient (Wildman–Crippen LogP) is 2.53. The van der Waals surface area contributed by atoms with Gasteiger partial charge in [0.1, 0.15) is 11.8 Å². The van der Waals surface area contributed by atoms with Crippen molar-refractivity contribution in [2.45, 2.75) is 6.92 Å². The highest BCUT2D eigenvalue weighted by Gasteiger charge is 1.92. The molecule has 0 radical (unpaired) electrons. The van der Waals surface area contributed by atoms with E-state index < -0.39 is 0 Å². The first-order chi connectivity index (χ1) is 5.86. The largest absolute Gasteiger partial charge is 0.347 e. The molecule has 0 unspecified atom stereocenters. The molecule has 0 atom stereocenters. The summed E-state index contributed by atoms with van der Waals surface area (Å²) >= 11 is 0. The average Bonchev–Trinajstić information content (AvgIpc) is 2.16. The number of nitrogens with zero attached hydrogens (tertiary/aromatic N) is 1. The van der Waals surface area contributed by atoms with Crippen LogP contribution in [-0.4, -0.2) is 0 Å². The summed E-state index contributed by atoms with van der Waals surface area (Å²) < 4.78 is 0. The van der Waals surface area contributed by atoms with Gasteiger partial charge in [0.05, 0.1) is 0 Å². The molecule has 0 aliphatic heterocycles. The Kier molecular flexibility index (Phi) is 2.92. The maximum absolute atomic E-state index is 8.61. The number of nitrogens with one attached hydrogen (secondary N) is 1. The minimum Gasteiger partial charge on any atom is -0.347 e. The van der Waals surface area contributed by atoms with Crippen molar-refractivity contribution in [2.24, 2.45) is 0 Å². The van der Waals surface area contributed by atoms with Crippen LogP contribution in [-0.2, 0) is 0 Å². The lowest BCUT2D eigenvalue weighted by Crippen LogP contribution is -1.95. The molecule has 0 bridgehead atoms. The van der Waals surface area contributed by atoms with Gasteiger partial charge in [-0.25, -0.2) is 0 Å². The molecule has 0 aromatic heterocycles. The van der Waals surface area contributed by atoms with Gasteiger partial charge in [-0.3, -0.25) is 0 Å². The molecule has 1 rings (SSSR count). The Morgan fingerprint density at radius 3 is 2.58 bits per heavy atom. The molecule has 1 aromatic carbocycles. The Labute approximate surface area is 72.1 Å². The smallest absolute Gasteiger partial charge is 0.117 e. The van der Waals surface area contributed by atoms with E-state index in [-0.39, 0.29) is 0 Å². The molecular weight excluding hydrogens is 148 g/mol. The first kappa shape index (κ1) is 8.35. The molecule has 0 aliphatic rings. The minimum absolute atomic E-state index is 0.571. The molecule has 60 valence electrons. The van der Waals surface area contributed by atoms with Crippen LogP contribution in [0, 0.1) is 11.3 Å². The first-order valence-electron chi connectivity index (χ1n) is 3.75. The van der Waals surface area contributed by atoms with E-state index in [0.29, 0.717) is 5.70 Å². The molecular formula is C10H10N2. The maximum Gasteiger partial charge on any atom is 0.117 e. The zero-order valence-corrected chi connectivity index (χ0v) is 6.91. The van der Waals surface area contributed by atoms with Crippen molar-refractivity contribution in [3.8, 4) is 6.07 Å². The highest BCUT2D eigenvalue weighted by atomic mass is 14.9. The second-order valence-electron chi connectivity index (χ2n) is 2.31. The molecule has 12 heavy (non-hydrogen) atoms. The van der Waals surface area contributed by atoms with Crippen LogP contribution in [0.2, 0.25) is 0 Å². The summed E-state index contributed by atoms with van der Waals surface area (Å²) in [5.74, 6) is 0. The maximum atomic E-state index is 8.61. The van der Waals surface area contributed by atoms with Crippen molar-refractivity contribution in [2.75, 3.05) is 5.32 Å². The molecule has 0 spiro atoms. The number of anilines is 1. The third-order valence-electron chi connectivity index (χ3n) is 1.46. The number of para-hydroxylation sites is 1. The molecule has 2 heteroatoms. The number of hydrogen-bond acceptors (Lipinski definition) is 2. The summed E-state index contributed by atoms with van der Waals surface area (Å²) in [6.45, 7) is 1.83. The van der Waals surface area contributed by atoms with Crippen molar-refractivity contribution >= 4 is 5.69 Å². The Bertz CT molecular complexity index is 306. The SMILES string of the molecule is C/C=C(\C#N)Nc1ccccc1. The van der Waals surface area contributed by atoms with Crippen LogP contribution in [0.3, 0.4) is 0 Å². The molecule has 0 amide bonds. The van der Waals surface area contributed by atoms with Gasteiger partial charge in [-0.1, -0.05) is 24.3 Å². The van der Waals surface area contributed by atoms with E-state index in [9.17, 15) is 0 Å². The lowest BCUT2D eigenvalue weighted by molar-refractivity contribution is 1.41. The van der Waals surface area contributed by atoms with Gasteiger partial charge in [-0.15, -0.1) is 0 Å². The van der Waals surface area contributed by atoms with Crippen LogP contribution >= 0.6 is 0 Å². The Balaban J connectivity index is 2.72. The number of allylic oxidation sites excluding steroid dienone is 2. The van der Waals surface area contributed by atoms with Crippen LogP contribution in [0.25, 0.3) is 0 Å². The quantitative estimate of drug-likeness (QED) is 0.671. The third-order valence-corrected chi connectivity index (χ3v) is 1.46. The summed E-state index contributed by atoms with van der Waals surface area (Å²) in [5, 5.41) is 11.6. The predicted molar refractivity (Wildman–Crippen MR) is 49.4 cm³/mol. The van der Waals surface area contributed by atoms with E-state index in [1.807, 2.05) is 37.3 Å². The fourth-order valence-electron chi connectivity index (χ4n) is 0.842. The summed E-state index contributed by atoms with van der Waals surface area (Å²) in [7, 11) is 0. The lowest BCUT2D eigenvalue weighted by atomic mass is 10.3. The van der Waals surface area contributed by atoms with E-state index in [0.717, 1.165) is 5.69 Å². The first-order valence-corrected chi connectivity index (χ1v) is 3.75. The van der Waals surface area contributed by atoms with E-state index in [1.165, 1.54) is 0 Å². The second-order valence-corrected chi connectivity index (χ2v) is 2.31. The Morgan fingerprint density at radius 2 is 2.08 bits per heavy atom. The van der Waals surface area contributed by atoms with Crippen molar-refractivity contribution in [1.29, 1.82) is 5.26 Å². The lowest BCUT2D eigenvalue weighted by Gasteiger charge is -2.01. The van der Waals surface area contributed by atoms with E-state index in [1.54, 1.807) is 6.08 Å². The summed E-state index contributed by atoms with van der Waals surface area (Å²) in [4.78, 5) is 0. The normalized spacial score (nSPS) is 10.5. The molecule has 0 saturated carbocycles. The van der Waals surface area contributed by atoms with Crippen LogP contribution in [0.4, 0.5) is 5.69 Å². The monoisotopic (exact) mass is 158 g/mol. The number of benzene rings is 1. The standard InChI is InChI=1S/C10H10N2/c1-2-9(8-11)12-10-6-4-3-5-7-10/h2-7,12H,1H3/b9-2+. The highest BCUT2D eigenvalue weighted by Crippen LogP contribution is 2.07. The van der Waals surface area contributed by atoms with Crippen molar-refractivity contribution in [1.82, 2.24) is 0 Å². The zero-order chi connectivity index (χ0) is 8.81. The average molecular weight is 158 g/mol. The molecule has 0 aliphatic carbocycles. The van der Waals surface area contributed by atoms with Gasteiger partial charge in [-0.2, -0.15) is 5.26 Å². The number of hydrogen-bond donors (Lipinski definition) is 1. The van der Waals surface area contributed by atoms with Crippen molar-refractivity contribution in [3.05, 3.63) is 42.1 Å². The minimum atomic E-state index is 0.571.